The zero-order valence-corrected chi connectivity index (χ0v) is 24.6. The molecule has 2 heterocycles. The maximum Gasteiger partial charge on any atom is 0.490 e. The van der Waals surface area contributed by atoms with Gasteiger partial charge in [0.05, 0.1) is 24.3 Å². The lowest BCUT2D eigenvalue weighted by Gasteiger charge is -2.47. The van der Waals surface area contributed by atoms with Crippen LogP contribution in [0.5, 0.6) is 11.5 Å². The fourth-order valence-electron chi connectivity index (χ4n) is 5.57. The van der Waals surface area contributed by atoms with Crippen molar-refractivity contribution >= 4 is 23.5 Å². The number of ether oxygens (including phenoxy) is 2. The second kappa shape index (κ2) is 13.6. The topological polar surface area (TPSA) is 117 Å². The molecule has 0 radical (unpaired) electrons. The molecule has 0 bridgehead atoms. The molecule has 0 aromatic heterocycles. The van der Waals surface area contributed by atoms with Crippen molar-refractivity contribution in [2.24, 2.45) is 5.41 Å². The SMILES string of the molecule is CCOc1cc(CN2CC3(CC(=O)N(c4ccc(C(=O)O)cc4)C3)C2)cc(OCC)c1-c1ccc(F)cc1.O=C(O)C(F)(F)F. The number of carboxylic acids is 2. The summed E-state index contributed by atoms with van der Waals surface area (Å²) in [5.41, 5.74) is 3.50. The first-order chi connectivity index (χ1) is 21.2. The maximum absolute atomic E-state index is 13.6. The highest BCUT2D eigenvalue weighted by Crippen LogP contribution is 2.44. The number of anilines is 1. The molecule has 2 aliphatic rings. The van der Waals surface area contributed by atoms with Gasteiger partial charge < -0.3 is 24.6 Å². The van der Waals surface area contributed by atoms with Crippen molar-refractivity contribution in [2.75, 3.05) is 37.7 Å². The van der Waals surface area contributed by atoms with Gasteiger partial charge in [-0.25, -0.2) is 14.0 Å². The van der Waals surface area contributed by atoms with Gasteiger partial charge in [0.15, 0.2) is 0 Å². The van der Waals surface area contributed by atoms with E-state index < -0.39 is 18.1 Å². The Labute approximate surface area is 256 Å². The number of aromatic carboxylic acids is 1. The number of aliphatic carboxylic acids is 1. The van der Waals surface area contributed by atoms with Crippen LogP contribution in [0.15, 0.2) is 60.7 Å². The highest BCUT2D eigenvalue weighted by atomic mass is 19.4. The summed E-state index contributed by atoms with van der Waals surface area (Å²) in [6.45, 7) is 7.71. The minimum absolute atomic E-state index is 0.0636. The molecule has 2 N–H and O–H groups in total. The molecule has 2 aliphatic heterocycles. The van der Waals surface area contributed by atoms with Crippen molar-refractivity contribution in [2.45, 2.75) is 33.0 Å². The molecule has 0 saturated carbocycles. The first-order valence-electron chi connectivity index (χ1n) is 14.1. The van der Waals surface area contributed by atoms with E-state index in [1.54, 1.807) is 29.2 Å². The third-order valence-electron chi connectivity index (χ3n) is 7.37. The lowest BCUT2D eigenvalue weighted by atomic mass is 9.78. The van der Waals surface area contributed by atoms with Gasteiger partial charge in [-0.1, -0.05) is 12.1 Å². The van der Waals surface area contributed by atoms with Crippen molar-refractivity contribution in [3.63, 3.8) is 0 Å². The summed E-state index contributed by atoms with van der Waals surface area (Å²) < 4.78 is 57.3. The normalized spacial score (nSPS) is 15.7. The largest absolute Gasteiger partial charge is 0.493 e. The molecule has 0 atom stereocenters. The molecule has 240 valence electrons. The molecule has 45 heavy (non-hydrogen) atoms. The summed E-state index contributed by atoms with van der Waals surface area (Å²) in [4.78, 5) is 36.9. The molecule has 2 saturated heterocycles. The number of hydrogen-bond acceptors (Lipinski definition) is 6. The van der Waals surface area contributed by atoms with E-state index in [9.17, 15) is 27.2 Å². The van der Waals surface area contributed by atoms with E-state index in [0.717, 1.165) is 35.5 Å². The summed E-state index contributed by atoms with van der Waals surface area (Å²) in [5, 5.41) is 16.3. The van der Waals surface area contributed by atoms with Crippen LogP contribution >= 0.6 is 0 Å². The van der Waals surface area contributed by atoms with E-state index in [-0.39, 0.29) is 22.7 Å². The van der Waals surface area contributed by atoms with Crippen LogP contribution in [-0.4, -0.2) is 72.0 Å². The number of amides is 1. The standard InChI is InChI=1S/C30H31FN2O5.C2HF3O2/c1-3-37-25-13-20(14-26(38-4-2)28(25)21-5-9-23(31)10-6-21)16-32-17-30(18-32)15-27(34)33(19-30)24-11-7-22(8-12-24)29(35)36;3-2(4,5)1(6)7/h5-14H,3-4,15-19H2,1-2H3,(H,35,36);(H,6,7). The van der Waals surface area contributed by atoms with Crippen molar-refractivity contribution in [3.8, 4) is 22.6 Å². The zero-order chi connectivity index (χ0) is 32.9. The van der Waals surface area contributed by atoms with Gasteiger partial charge >= 0.3 is 18.1 Å². The second-order valence-electron chi connectivity index (χ2n) is 10.8. The van der Waals surface area contributed by atoms with Gasteiger partial charge in [0, 0.05) is 43.7 Å². The quantitative estimate of drug-likeness (QED) is 0.282. The fourth-order valence-corrected chi connectivity index (χ4v) is 5.57. The molecule has 13 heteroatoms. The van der Waals surface area contributed by atoms with Crippen LogP contribution in [0.2, 0.25) is 0 Å². The van der Waals surface area contributed by atoms with E-state index in [4.69, 9.17) is 24.5 Å². The molecule has 1 spiro atoms. The summed E-state index contributed by atoms with van der Waals surface area (Å²) in [5.74, 6) is -2.58. The van der Waals surface area contributed by atoms with Crippen molar-refractivity contribution < 1.29 is 51.6 Å². The summed E-state index contributed by atoms with van der Waals surface area (Å²) in [6.07, 6.45) is -4.61. The van der Waals surface area contributed by atoms with Crippen LogP contribution in [0.3, 0.4) is 0 Å². The van der Waals surface area contributed by atoms with Gasteiger partial charge in [-0.15, -0.1) is 0 Å². The average molecular weight is 633 g/mol. The Morgan fingerprint density at radius 2 is 1.42 bits per heavy atom. The highest BCUT2D eigenvalue weighted by Gasteiger charge is 2.51. The number of rotatable bonds is 9. The Kier molecular flexibility index (Phi) is 10.0. The Morgan fingerprint density at radius 3 is 1.89 bits per heavy atom. The van der Waals surface area contributed by atoms with Crippen LogP contribution in [0.25, 0.3) is 11.1 Å². The van der Waals surface area contributed by atoms with Crippen LogP contribution in [0.1, 0.15) is 36.2 Å². The monoisotopic (exact) mass is 632 g/mol. The predicted molar refractivity (Wildman–Crippen MR) is 156 cm³/mol. The minimum Gasteiger partial charge on any atom is -0.493 e. The Morgan fingerprint density at radius 1 is 0.889 bits per heavy atom. The summed E-state index contributed by atoms with van der Waals surface area (Å²) in [6, 6.07) is 16.8. The predicted octanol–water partition coefficient (Wildman–Crippen LogP) is 5.86. The summed E-state index contributed by atoms with van der Waals surface area (Å²) >= 11 is 0. The maximum atomic E-state index is 13.6. The minimum atomic E-state index is -5.08. The molecular formula is C32H32F4N2O7. The van der Waals surface area contributed by atoms with Crippen LogP contribution in [0.4, 0.5) is 23.2 Å². The Bertz CT molecular complexity index is 1510. The third kappa shape index (κ3) is 7.90. The highest BCUT2D eigenvalue weighted by molar-refractivity contribution is 5.97. The van der Waals surface area contributed by atoms with E-state index in [1.807, 2.05) is 26.0 Å². The average Bonchev–Trinajstić information content (AvgIpc) is 3.31. The Hall–Kier alpha value is -4.65. The second-order valence-corrected chi connectivity index (χ2v) is 10.8. The fraction of sp³-hybridized carbons (Fsp3) is 0.344. The number of carbonyl (C=O) groups is 3. The number of likely N-dealkylation sites (tertiary alicyclic amines) is 1. The van der Waals surface area contributed by atoms with Crippen LogP contribution in [-0.2, 0) is 16.1 Å². The van der Waals surface area contributed by atoms with Gasteiger partial charge in [0.1, 0.15) is 17.3 Å². The van der Waals surface area contributed by atoms with Crippen molar-refractivity contribution in [1.29, 1.82) is 0 Å². The number of hydrogen-bond donors (Lipinski definition) is 2. The molecule has 3 aromatic rings. The number of nitrogens with zero attached hydrogens (tertiary/aromatic N) is 2. The number of alkyl halides is 3. The number of halogens is 4. The first kappa shape index (κ1) is 33.2. The Balaban J connectivity index is 0.000000591. The van der Waals surface area contributed by atoms with Crippen LogP contribution in [0, 0.1) is 11.2 Å². The summed E-state index contributed by atoms with van der Waals surface area (Å²) in [7, 11) is 0. The lowest BCUT2D eigenvalue weighted by molar-refractivity contribution is -0.192. The van der Waals surface area contributed by atoms with Gasteiger partial charge in [0.2, 0.25) is 5.91 Å². The zero-order valence-electron chi connectivity index (χ0n) is 24.6. The molecule has 3 aromatic carbocycles. The molecule has 1 amide bonds. The van der Waals surface area contributed by atoms with Gasteiger partial charge in [-0.05, 0) is 73.5 Å². The van der Waals surface area contributed by atoms with Crippen molar-refractivity contribution in [3.05, 3.63) is 77.6 Å². The van der Waals surface area contributed by atoms with E-state index in [0.29, 0.717) is 44.2 Å². The van der Waals surface area contributed by atoms with Gasteiger partial charge in [-0.3, -0.25) is 9.69 Å². The van der Waals surface area contributed by atoms with Crippen molar-refractivity contribution in [1.82, 2.24) is 4.90 Å². The number of carboxylic acid groups (broad SMARTS) is 2. The first-order valence-corrected chi connectivity index (χ1v) is 14.1. The number of benzene rings is 3. The number of carbonyl (C=O) groups excluding carboxylic acids is 1. The molecule has 0 unspecified atom stereocenters. The molecule has 0 aliphatic carbocycles. The van der Waals surface area contributed by atoms with Gasteiger partial charge in [-0.2, -0.15) is 13.2 Å². The third-order valence-corrected chi connectivity index (χ3v) is 7.37. The smallest absolute Gasteiger partial charge is 0.490 e. The molecule has 9 nitrogen and oxygen atoms in total. The lowest BCUT2D eigenvalue weighted by Crippen LogP contribution is -2.56. The molecular weight excluding hydrogens is 600 g/mol. The molecule has 5 rings (SSSR count). The van der Waals surface area contributed by atoms with E-state index in [2.05, 4.69) is 4.90 Å². The van der Waals surface area contributed by atoms with Crippen LogP contribution < -0.4 is 14.4 Å². The van der Waals surface area contributed by atoms with E-state index >= 15 is 0 Å². The van der Waals surface area contributed by atoms with Gasteiger partial charge in [0.25, 0.3) is 0 Å². The molecule has 2 fully saturated rings. The van der Waals surface area contributed by atoms with E-state index in [1.165, 1.54) is 24.3 Å².